The summed E-state index contributed by atoms with van der Waals surface area (Å²) >= 11 is 0. The Balaban J connectivity index is 2.43. The zero-order valence-electron chi connectivity index (χ0n) is 12.3. The monoisotopic (exact) mass is 263 g/mol. The molecule has 3 nitrogen and oxygen atoms in total. The van der Waals surface area contributed by atoms with Crippen LogP contribution in [0.2, 0.25) is 0 Å². The molecule has 0 unspecified atom stereocenters. The van der Waals surface area contributed by atoms with E-state index in [0.29, 0.717) is 17.9 Å². The van der Waals surface area contributed by atoms with Crippen LogP contribution >= 0.6 is 0 Å². The first kappa shape index (κ1) is 15.5. The van der Waals surface area contributed by atoms with Crippen molar-refractivity contribution in [1.29, 1.82) is 0 Å². The van der Waals surface area contributed by atoms with Gasteiger partial charge in [-0.3, -0.25) is 0 Å². The molecule has 0 bridgehead atoms. The molecular weight excluding hydrogens is 238 g/mol. The van der Waals surface area contributed by atoms with Gasteiger partial charge in [0.2, 0.25) is 0 Å². The van der Waals surface area contributed by atoms with Gasteiger partial charge in [0.1, 0.15) is 0 Å². The third-order valence-electron chi connectivity index (χ3n) is 3.31. The molecule has 0 saturated carbocycles. The first-order chi connectivity index (χ1) is 9.06. The van der Waals surface area contributed by atoms with Crippen LogP contribution < -0.4 is 5.73 Å². The number of nitrogen functional groups attached to an aromatic ring is 1. The summed E-state index contributed by atoms with van der Waals surface area (Å²) in [6, 6.07) is 3.64. The third kappa shape index (κ3) is 4.93. The lowest BCUT2D eigenvalue weighted by Gasteiger charge is -2.09. The van der Waals surface area contributed by atoms with Gasteiger partial charge in [-0.25, -0.2) is 4.79 Å². The Morgan fingerprint density at radius 2 is 1.79 bits per heavy atom. The molecule has 0 saturated heterocycles. The maximum Gasteiger partial charge on any atom is 0.338 e. The van der Waals surface area contributed by atoms with Gasteiger partial charge in [0.15, 0.2) is 0 Å². The van der Waals surface area contributed by atoms with Crippen molar-refractivity contribution in [3.05, 3.63) is 28.8 Å². The van der Waals surface area contributed by atoms with Crippen molar-refractivity contribution < 1.29 is 9.53 Å². The van der Waals surface area contributed by atoms with Crippen LogP contribution in [-0.2, 0) is 4.74 Å². The molecule has 0 radical (unpaired) electrons. The summed E-state index contributed by atoms with van der Waals surface area (Å²) in [6.07, 6.45) is 5.75. The van der Waals surface area contributed by atoms with Gasteiger partial charge in [0.25, 0.3) is 0 Å². The Hall–Kier alpha value is -1.51. The lowest BCUT2D eigenvalue weighted by atomic mass is 10.0. The number of carbonyl (C=O) groups excluding carboxylic acids is 1. The van der Waals surface area contributed by atoms with E-state index in [1.807, 2.05) is 19.9 Å². The van der Waals surface area contributed by atoms with Crippen molar-refractivity contribution in [1.82, 2.24) is 0 Å². The van der Waals surface area contributed by atoms with E-state index in [9.17, 15) is 4.79 Å². The maximum absolute atomic E-state index is 11.9. The van der Waals surface area contributed by atoms with E-state index in [2.05, 4.69) is 6.92 Å². The Morgan fingerprint density at radius 3 is 2.47 bits per heavy atom. The number of aryl methyl sites for hydroxylation is 2. The summed E-state index contributed by atoms with van der Waals surface area (Å²) in [7, 11) is 0. The molecule has 1 rings (SSSR count). The lowest BCUT2D eigenvalue weighted by Crippen LogP contribution is -2.09. The van der Waals surface area contributed by atoms with Gasteiger partial charge in [-0.2, -0.15) is 0 Å². The molecule has 0 heterocycles. The molecule has 2 N–H and O–H groups in total. The molecule has 106 valence electrons. The summed E-state index contributed by atoms with van der Waals surface area (Å²) in [4.78, 5) is 11.9. The largest absolute Gasteiger partial charge is 0.462 e. The minimum Gasteiger partial charge on any atom is -0.462 e. The van der Waals surface area contributed by atoms with E-state index in [1.165, 1.54) is 19.3 Å². The fourth-order valence-corrected chi connectivity index (χ4v) is 2.04. The van der Waals surface area contributed by atoms with E-state index < -0.39 is 0 Å². The fourth-order valence-electron chi connectivity index (χ4n) is 2.04. The summed E-state index contributed by atoms with van der Waals surface area (Å²) in [5, 5.41) is 0. The van der Waals surface area contributed by atoms with Crippen LogP contribution in [0, 0.1) is 13.8 Å². The smallest absolute Gasteiger partial charge is 0.338 e. The second-order valence-electron chi connectivity index (χ2n) is 5.07. The van der Waals surface area contributed by atoms with Crippen molar-refractivity contribution in [2.75, 3.05) is 12.3 Å². The Labute approximate surface area is 116 Å². The van der Waals surface area contributed by atoms with Crippen molar-refractivity contribution in [3.8, 4) is 0 Å². The molecule has 1 aromatic carbocycles. The second kappa shape index (κ2) is 7.82. The number of hydrogen-bond donors (Lipinski definition) is 1. The molecule has 19 heavy (non-hydrogen) atoms. The van der Waals surface area contributed by atoms with Crippen molar-refractivity contribution in [2.45, 2.75) is 52.9 Å². The quantitative estimate of drug-likeness (QED) is 0.459. The van der Waals surface area contributed by atoms with Gasteiger partial charge >= 0.3 is 5.97 Å². The van der Waals surface area contributed by atoms with Crippen molar-refractivity contribution in [2.24, 2.45) is 0 Å². The molecule has 0 fully saturated rings. The minimum absolute atomic E-state index is 0.264. The van der Waals surface area contributed by atoms with Gasteiger partial charge in [-0.1, -0.05) is 38.7 Å². The van der Waals surface area contributed by atoms with Crippen LogP contribution in [0.5, 0.6) is 0 Å². The number of rotatable bonds is 7. The van der Waals surface area contributed by atoms with Crippen LogP contribution in [0.3, 0.4) is 0 Å². The van der Waals surface area contributed by atoms with Crippen LogP contribution in [0.1, 0.15) is 60.5 Å². The molecule has 0 spiro atoms. The molecule has 0 aliphatic heterocycles. The van der Waals surface area contributed by atoms with E-state index >= 15 is 0 Å². The first-order valence-corrected chi connectivity index (χ1v) is 7.10. The molecule has 0 aliphatic rings. The highest BCUT2D eigenvalue weighted by Crippen LogP contribution is 2.18. The Bertz CT molecular complexity index is 427. The predicted molar refractivity (Wildman–Crippen MR) is 79.4 cm³/mol. The van der Waals surface area contributed by atoms with Gasteiger partial charge in [-0.15, -0.1) is 0 Å². The highest BCUT2D eigenvalue weighted by molar-refractivity contribution is 5.92. The van der Waals surface area contributed by atoms with Crippen LogP contribution in [0.25, 0.3) is 0 Å². The number of benzene rings is 1. The average molecular weight is 263 g/mol. The maximum atomic E-state index is 11.9. The normalized spacial score (nSPS) is 10.5. The fraction of sp³-hybridized carbons (Fsp3) is 0.562. The van der Waals surface area contributed by atoms with Gasteiger partial charge < -0.3 is 10.5 Å². The lowest BCUT2D eigenvalue weighted by molar-refractivity contribution is 0.0497. The highest BCUT2D eigenvalue weighted by Gasteiger charge is 2.12. The second-order valence-corrected chi connectivity index (χ2v) is 5.07. The van der Waals surface area contributed by atoms with E-state index in [1.54, 1.807) is 6.07 Å². The van der Waals surface area contributed by atoms with Crippen LogP contribution in [0.4, 0.5) is 5.69 Å². The molecule has 0 aromatic heterocycles. The number of anilines is 1. The molecule has 0 atom stereocenters. The van der Waals surface area contributed by atoms with Gasteiger partial charge in [-0.05, 0) is 37.5 Å². The molecule has 1 aromatic rings. The number of hydrogen-bond acceptors (Lipinski definition) is 3. The van der Waals surface area contributed by atoms with Gasteiger partial charge in [0, 0.05) is 5.69 Å². The zero-order valence-corrected chi connectivity index (χ0v) is 12.3. The summed E-state index contributed by atoms with van der Waals surface area (Å²) in [6.45, 7) is 6.52. The molecule has 0 amide bonds. The number of carbonyl (C=O) groups is 1. The van der Waals surface area contributed by atoms with E-state index in [4.69, 9.17) is 10.5 Å². The predicted octanol–water partition coefficient (Wildman–Crippen LogP) is 4.01. The molecule has 0 aliphatic carbocycles. The third-order valence-corrected chi connectivity index (χ3v) is 3.31. The number of nitrogens with two attached hydrogens (primary N) is 1. The summed E-state index contributed by atoms with van der Waals surface area (Å²) in [5.74, 6) is -0.264. The number of esters is 1. The molecule has 3 heteroatoms. The standard InChI is InChI=1S/C16H25NO2/c1-4-5-6-7-8-9-19-16(18)14-11-15(17)13(3)10-12(14)2/h10-11H,4-9,17H2,1-3H3. The minimum atomic E-state index is -0.264. The summed E-state index contributed by atoms with van der Waals surface area (Å²) < 4.78 is 5.29. The average Bonchev–Trinajstić information content (AvgIpc) is 2.37. The van der Waals surface area contributed by atoms with E-state index in [0.717, 1.165) is 24.0 Å². The van der Waals surface area contributed by atoms with Gasteiger partial charge in [0.05, 0.1) is 12.2 Å². The highest BCUT2D eigenvalue weighted by atomic mass is 16.5. The number of unbranched alkanes of at least 4 members (excludes halogenated alkanes) is 4. The van der Waals surface area contributed by atoms with Crippen LogP contribution in [-0.4, -0.2) is 12.6 Å². The first-order valence-electron chi connectivity index (χ1n) is 7.10. The topological polar surface area (TPSA) is 52.3 Å². The Kier molecular flexibility index (Phi) is 6.40. The van der Waals surface area contributed by atoms with E-state index in [-0.39, 0.29) is 5.97 Å². The number of ether oxygens (including phenoxy) is 1. The zero-order chi connectivity index (χ0) is 14.3. The molecular formula is C16H25NO2. The van der Waals surface area contributed by atoms with Crippen LogP contribution in [0.15, 0.2) is 12.1 Å². The van der Waals surface area contributed by atoms with Crippen molar-refractivity contribution in [3.63, 3.8) is 0 Å². The Morgan fingerprint density at radius 1 is 1.11 bits per heavy atom. The van der Waals surface area contributed by atoms with Crippen molar-refractivity contribution >= 4 is 11.7 Å². The SMILES string of the molecule is CCCCCCCOC(=O)c1cc(N)c(C)cc1C. The summed E-state index contributed by atoms with van der Waals surface area (Å²) in [5.41, 5.74) is 8.96.